The highest BCUT2D eigenvalue weighted by atomic mass is 16.5. The average Bonchev–Trinajstić information content (AvgIpc) is 2.54. The number of hydrogen-bond donors (Lipinski definition) is 0. The lowest BCUT2D eigenvalue weighted by atomic mass is 9.91. The van der Waals surface area contributed by atoms with Crippen molar-refractivity contribution in [3.8, 4) is 5.75 Å². The fourth-order valence-electron chi connectivity index (χ4n) is 2.16. The monoisotopic (exact) mass is 220 g/mol. The van der Waals surface area contributed by atoms with Gasteiger partial charge in [-0.1, -0.05) is 19.1 Å². The first-order valence-corrected chi connectivity index (χ1v) is 5.84. The van der Waals surface area contributed by atoms with E-state index in [0.29, 0.717) is 5.92 Å². The summed E-state index contributed by atoms with van der Waals surface area (Å²) >= 11 is 0. The van der Waals surface area contributed by atoms with Gasteiger partial charge in [0.1, 0.15) is 5.75 Å². The highest BCUT2D eigenvalue weighted by Crippen LogP contribution is 2.43. The molecule has 0 aliphatic carbocycles. The lowest BCUT2D eigenvalue weighted by Gasteiger charge is -2.23. The quantitative estimate of drug-likeness (QED) is 0.758. The Bertz CT molecular complexity index is 354. The lowest BCUT2D eigenvalue weighted by molar-refractivity contribution is -0.0300. The van der Waals surface area contributed by atoms with Gasteiger partial charge in [0.05, 0.1) is 18.8 Å². The molecule has 2 rings (SSSR count). The fourth-order valence-corrected chi connectivity index (χ4v) is 2.16. The van der Waals surface area contributed by atoms with Crippen LogP contribution in [0.4, 0.5) is 0 Å². The van der Waals surface area contributed by atoms with Gasteiger partial charge >= 0.3 is 0 Å². The third kappa shape index (κ3) is 2.07. The van der Waals surface area contributed by atoms with Gasteiger partial charge in [0.2, 0.25) is 0 Å². The zero-order chi connectivity index (χ0) is 11.8. The summed E-state index contributed by atoms with van der Waals surface area (Å²) in [5, 5.41) is 0. The van der Waals surface area contributed by atoms with Gasteiger partial charge in [-0.3, -0.25) is 0 Å². The minimum atomic E-state index is -0.00933. The fraction of sp³-hybridized carbons (Fsp3) is 0.571. The van der Waals surface area contributed by atoms with E-state index in [9.17, 15) is 0 Å². The molecule has 0 N–H and O–H groups in total. The van der Waals surface area contributed by atoms with Gasteiger partial charge in [-0.05, 0) is 43.9 Å². The summed E-state index contributed by atoms with van der Waals surface area (Å²) in [4.78, 5) is 0. The van der Waals surface area contributed by atoms with Crippen LogP contribution in [0.25, 0.3) is 0 Å². The van der Waals surface area contributed by atoms with E-state index in [2.05, 4.69) is 32.9 Å². The predicted molar refractivity (Wildman–Crippen MR) is 64.7 cm³/mol. The van der Waals surface area contributed by atoms with Crippen molar-refractivity contribution in [2.45, 2.75) is 38.9 Å². The second kappa shape index (κ2) is 4.10. The third-order valence-electron chi connectivity index (χ3n) is 3.69. The van der Waals surface area contributed by atoms with Crippen LogP contribution >= 0.6 is 0 Å². The maximum Gasteiger partial charge on any atom is 0.118 e. The Hall–Kier alpha value is -1.02. The van der Waals surface area contributed by atoms with E-state index in [1.807, 2.05) is 12.1 Å². The molecule has 1 aromatic carbocycles. The Labute approximate surface area is 97.6 Å². The molecule has 16 heavy (non-hydrogen) atoms. The summed E-state index contributed by atoms with van der Waals surface area (Å²) in [6.45, 7) is 6.59. The van der Waals surface area contributed by atoms with E-state index in [1.165, 1.54) is 5.56 Å². The van der Waals surface area contributed by atoms with E-state index < -0.39 is 0 Å². The first-order valence-electron chi connectivity index (χ1n) is 5.84. The minimum absolute atomic E-state index is 0.00933. The Balaban J connectivity index is 2.14. The molecular formula is C14H20O2. The van der Waals surface area contributed by atoms with Crippen molar-refractivity contribution in [3.05, 3.63) is 29.8 Å². The number of rotatable bonds is 2. The number of benzene rings is 1. The van der Waals surface area contributed by atoms with Crippen LogP contribution in [0.2, 0.25) is 0 Å². The normalized spacial score (nSPS) is 28.0. The maximum absolute atomic E-state index is 6.08. The largest absolute Gasteiger partial charge is 0.497 e. The highest BCUT2D eigenvalue weighted by molar-refractivity contribution is 5.29. The van der Waals surface area contributed by atoms with Gasteiger partial charge in [0, 0.05) is 0 Å². The molecule has 2 atom stereocenters. The Morgan fingerprint density at radius 2 is 1.88 bits per heavy atom. The van der Waals surface area contributed by atoms with Crippen LogP contribution in [0.1, 0.15) is 38.9 Å². The van der Waals surface area contributed by atoms with Gasteiger partial charge in [-0.15, -0.1) is 0 Å². The maximum atomic E-state index is 6.08. The average molecular weight is 220 g/mol. The zero-order valence-corrected chi connectivity index (χ0v) is 10.5. The molecule has 88 valence electrons. The van der Waals surface area contributed by atoms with Gasteiger partial charge in [0.25, 0.3) is 0 Å². The minimum Gasteiger partial charge on any atom is -0.497 e. The highest BCUT2D eigenvalue weighted by Gasteiger charge is 2.39. The first kappa shape index (κ1) is 11.5. The molecule has 1 saturated heterocycles. The molecule has 0 saturated carbocycles. The Kier molecular flexibility index (Phi) is 2.94. The molecule has 0 amide bonds. The van der Waals surface area contributed by atoms with Crippen LogP contribution in [0, 0.1) is 5.92 Å². The molecule has 2 nitrogen and oxygen atoms in total. The molecule has 0 bridgehead atoms. The van der Waals surface area contributed by atoms with Gasteiger partial charge in [-0.2, -0.15) is 0 Å². The molecule has 2 heteroatoms. The first-order chi connectivity index (χ1) is 7.53. The molecule has 0 radical (unpaired) electrons. The summed E-state index contributed by atoms with van der Waals surface area (Å²) in [5.74, 6) is 1.49. The molecule has 0 aromatic heterocycles. The van der Waals surface area contributed by atoms with Crippen molar-refractivity contribution in [2.24, 2.45) is 5.92 Å². The van der Waals surface area contributed by atoms with E-state index in [4.69, 9.17) is 9.47 Å². The van der Waals surface area contributed by atoms with E-state index in [1.54, 1.807) is 7.11 Å². The number of ether oxygens (including phenoxy) is 2. The van der Waals surface area contributed by atoms with Crippen molar-refractivity contribution in [1.29, 1.82) is 0 Å². The summed E-state index contributed by atoms with van der Waals surface area (Å²) in [7, 11) is 1.69. The smallest absolute Gasteiger partial charge is 0.118 e. The second-order valence-electron chi connectivity index (χ2n) is 5.12. The summed E-state index contributed by atoms with van der Waals surface area (Å²) in [6.07, 6.45) is 1.33. The molecule has 1 aliphatic heterocycles. The van der Waals surface area contributed by atoms with Crippen LogP contribution in [0.5, 0.6) is 5.75 Å². The summed E-state index contributed by atoms with van der Waals surface area (Å²) < 4.78 is 11.2. The van der Waals surface area contributed by atoms with Gasteiger partial charge in [-0.25, -0.2) is 0 Å². The molecule has 1 aromatic rings. The van der Waals surface area contributed by atoms with E-state index in [0.717, 1.165) is 12.2 Å². The third-order valence-corrected chi connectivity index (χ3v) is 3.69. The van der Waals surface area contributed by atoms with E-state index >= 15 is 0 Å². The van der Waals surface area contributed by atoms with Crippen LogP contribution in [0.15, 0.2) is 24.3 Å². The molecular weight excluding hydrogens is 200 g/mol. The van der Waals surface area contributed by atoms with Crippen molar-refractivity contribution in [2.75, 3.05) is 7.11 Å². The van der Waals surface area contributed by atoms with Crippen LogP contribution in [0.3, 0.4) is 0 Å². The summed E-state index contributed by atoms with van der Waals surface area (Å²) in [5.41, 5.74) is 1.24. The van der Waals surface area contributed by atoms with Crippen molar-refractivity contribution in [3.63, 3.8) is 0 Å². The molecule has 2 unspecified atom stereocenters. The Morgan fingerprint density at radius 1 is 1.25 bits per heavy atom. The predicted octanol–water partition coefficient (Wildman–Crippen LogP) is 3.57. The van der Waals surface area contributed by atoms with Crippen molar-refractivity contribution >= 4 is 0 Å². The van der Waals surface area contributed by atoms with Crippen LogP contribution in [-0.4, -0.2) is 12.7 Å². The number of hydrogen-bond acceptors (Lipinski definition) is 2. The van der Waals surface area contributed by atoms with Crippen LogP contribution in [-0.2, 0) is 4.74 Å². The SMILES string of the molecule is COc1ccc(C2CC(C)C(C)(C)O2)cc1. The summed E-state index contributed by atoms with van der Waals surface area (Å²) in [6, 6.07) is 8.18. The molecule has 1 heterocycles. The molecule has 1 aliphatic rings. The molecule has 0 spiro atoms. The van der Waals surface area contributed by atoms with Crippen molar-refractivity contribution in [1.82, 2.24) is 0 Å². The zero-order valence-electron chi connectivity index (χ0n) is 10.5. The topological polar surface area (TPSA) is 18.5 Å². The number of methoxy groups -OCH3 is 1. The van der Waals surface area contributed by atoms with Crippen molar-refractivity contribution < 1.29 is 9.47 Å². The van der Waals surface area contributed by atoms with Gasteiger partial charge in [0.15, 0.2) is 0 Å². The Morgan fingerprint density at radius 3 is 2.31 bits per heavy atom. The van der Waals surface area contributed by atoms with E-state index in [-0.39, 0.29) is 11.7 Å². The molecule has 1 fully saturated rings. The lowest BCUT2D eigenvalue weighted by Crippen LogP contribution is -2.24. The van der Waals surface area contributed by atoms with Gasteiger partial charge < -0.3 is 9.47 Å². The standard InChI is InChI=1S/C14H20O2/c1-10-9-13(16-14(10,2)3)11-5-7-12(15-4)8-6-11/h5-8,10,13H,9H2,1-4H3. The second-order valence-corrected chi connectivity index (χ2v) is 5.12. The van der Waals surface area contributed by atoms with Crippen LogP contribution < -0.4 is 4.74 Å².